The molecule has 0 radical (unpaired) electrons. The van der Waals surface area contributed by atoms with E-state index in [0.29, 0.717) is 5.56 Å². The van der Waals surface area contributed by atoms with Gasteiger partial charge in [0.05, 0.1) is 5.75 Å². The summed E-state index contributed by atoms with van der Waals surface area (Å²) >= 11 is 0. The smallest absolute Gasteiger partial charge is 0.251 e. The normalized spacial score (nSPS) is 19.9. The second-order valence-corrected chi connectivity index (χ2v) is 9.85. The van der Waals surface area contributed by atoms with Crippen LogP contribution in [0.5, 0.6) is 0 Å². The van der Waals surface area contributed by atoms with Gasteiger partial charge in [-0.05, 0) is 37.8 Å². The van der Waals surface area contributed by atoms with Crippen LogP contribution < -0.4 is 5.32 Å². The third kappa shape index (κ3) is 5.55. The molecule has 0 atom stereocenters. The SMILES string of the molecule is O=C(NCCS(=O)(=O)N(C1CCCCC1)C1CCCCC1)c1ccccc1. The van der Waals surface area contributed by atoms with E-state index >= 15 is 0 Å². The fourth-order valence-electron chi connectivity index (χ4n) is 4.51. The molecule has 1 amide bonds. The molecular formula is C21H32N2O3S. The quantitative estimate of drug-likeness (QED) is 0.769. The highest BCUT2D eigenvalue weighted by atomic mass is 32.2. The molecule has 0 unspecified atom stereocenters. The van der Waals surface area contributed by atoms with Crippen molar-refractivity contribution in [3.8, 4) is 0 Å². The van der Waals surface area contributed by atoms with E-state index in [1.54, 1.807) is 24.3 Å². The molecule has 1 aromatic rings. The second-order valence-electron chi connectivity index (χ2n) is 7.85. The van der Waals surface area contributed by atoms with Crippen LogP contribution in [0.15, 0.2) is 30.3 Å². The molecule has 2 aliphatic carbocycles. The van der Waals surface area contributed by atoms with E-state index in [1.807, 2.05) is 10.4 Å². The molecule has 27 heavy (non-hydrogen) atoms. The molecule has 0 bridgehead atoms. The Balaban J connectivity index is 1.63. The van der Waals surface area contributed by atoms with Gasteiger partial charge in [0.2, 0.25) is 10.0 Å². The van der Waals surface area contributed by atoms with E-state index in [-0.39, 0.29) is 30.3 Å². The van der Waals surface area contributed by atoms with Gasteiger partial charge in [-0.1, -0.05) is 56.7 Å². The topological polar surface area (TPSA) is 66.5 Å². The maximum absolute atomic E-state index is 13.2. The van der Waals surface area contributed by atoms with Crippen LogP contribution in [0.25, 0.3) is 0 Å². The summed E-state index contributed by atoms with van der Waals surface area (Å²) in [6, 6.07) is 9.24. The van der Waals surface area contributed by atoms with E-state index in [4.69, 9.17) is 0 Å². The molecule has 0 aliphatic heterocycles. The number of carbonyl (C=O) groups excluding carboxylic acids is 1. The number of sulfonamides is 1. The molecule has 3 rings (SSSR count). The molecule has 0 saturated heterocycles. The molecule has 2 fully saturated rings. The number of amides is 1. The summed E-state index contributed by atoms with van der Waals surface area (Å²) < 4.78 is 28.3. The van der Waals surface area contributed by atoms with Gasteiger partial charge in [-0.25, -0.2) is 8.42 Å². The molecule has 0 heterocycles. The average molecular weight is 393 g/mol. The first-order valence-electron chi connectivity index (χ1n) is 10.4. The standard InChI is InChI=1S/C21H32N2O3S/c24-21(18-10-4-1-5-11-18)22-16-17-27(25,26)23(19-12-6-2-7-13-19)20-14-8-3-9-15-20/h1,4-5,10-11,19-20H,2-3,6-9,12-17H2,(H,22,24). The second kappa shape index (κ2) is 9.69. The predicted molar refractivity (Wildman–Crippen MR) is 108 cm³/mol. The van der Waals surface area contributed by atoms with E-state index in [0.717, 1.165) is 51.4 Å². The number of nitrogens with zero attached hydrogens (tertiary/aromatic N) is 1. The first-order chi connectivity index (χ1) is 13.1. The zero-order valence-electron chi connectivity index (χ0n) is 16.1. The minimum Gasteiger partial charge on any atom is -0.351 e. The maximum Gasteiger partial charge on any atom is 0.251 e. The van der Waals surface area contributed by atoms with Gasteiger partial charge in [-0.15, -0.1) is 0 Å². The summed E-state index contributed by atoms with van der Waals surface area (Å²) in [7, 11) is -3.38. The monoisotopic (exact) mass is 392 g/mol. The molecule has 6 heteroatoms. The van der Waals surface area contributed by atoms with Gasteiger partial charge in [0, 0.05) is 24.2 Å². The van der Waals surface area contributed by atoms with E-state index in [2.05, 4.69) is 5.32 Å². The summed E-state index contributed by atoms with van der Waals surface area (Å²) in [6.45, 7) is 0.159. The first kappa shape index (κ1) is 20.3. The molecule has 2 aliphatic rings. The van der Waals surface area contributed by atoms with Crippen molar-refractivity contribution in [3.63, 3.8) is 0 Å². The third-order valence-electron chi connectivity index (χ3n) is 5.87. The Kier molecular flexibility index (Phi) is 7.30. The van der Waals surface area contributed by atoms with Crippen molar-refractivity contribution < 1.29 is 13.2 Å². The van der Waals surface area contributed by atoms with E-state index in [1.165, 1.54) is 12.8 Å². The van der Waals surface area contributed by atoms with Crippen molar-refractivity contribution in [1.82, 2.24) is 9.62 Å². The Morgan fingerprint density at radius 2 is 1.41 bits per heavy atom. The van der Waals surface area contributed by atoms with Crippen LogP contribution in [0.4, 0.5) is 0 Å². The number of hydrogen-bond donors (Lipinski definition) is 1. The molecule has 5 nitrogen and oxygen atoms in total. The summed E-state index contributed by atoms with van der Waals surface area (Å²) in [5.74, 6) is -0.230. The van der Waals surface area contributed by atoms with E-state index < -0.39 is 10.0 Å². The van der Waals surface area contributed by atoms with Crippen LogP contribution in [-0.2, 0) is 10.0 Å². The minimum absolute atomic E-state index is 0.0153. The molecular weight excluding hydrogens is 360 g/mol. The lowest BCUT2D eigenvalue weighted by molar-refractivity contribution is 0.0956. The maximum atomic E-state index is 13.2. The fourth-order valence-corrected chi connectivity index (χ4v) is 6.41. The van der Waals surface area contributed by atoms with Gasteiger partial charge < -0.3 is 5.32 Å². The number of carbonyl (C=O) groups is 1. The van der Waals surface area contributed by atoms with Crippen molar-refractivity contribution in [2.24, 2.45) is 0 Å². The predicted octanol–water partition coefficient (Wildman–Crippen LogP) is 3.71. The highest BCUT2D eigenvalue weighted by Crippen LogP contribution is 2.32. The molecule has 2 saturated carbocycles. The Hall–Kier alpha value is -1.40. The first-order valence-corrected chi connectivity index (χ1v) is 12.0. The molecule has 0 spiro atoms. The lowest BCUT2D eigenvalue weighted by Crippen LogP contribution is -2.50. The Morgan fingerprint density at radius 1 is 0.889 bits per heavy atom. The van der Waals surface area contributed by atoms with Crippen molar-refractivity contribution in [3.05, 3.63) is 35.9 Å². The zero-order chi connectivity index (χ0) is 19.1. The van der Waals surface area contributed by atoms with Gasteiger partial charge in [-0.2, -0.15) is 4.31 Å². The van der Waals surface area contributed by atoms with Gasteiger partial charge in [-0.3, -0.25) is 4.79 Å². The van der Waals surface area contributed by atoms with Crippen LogP contribution in [0.2, 0.25) is 0 Å². The largest absolute Gasteiger partial charge is 0.351 e. The van der Waals surface area contributed by atoms with Crippen LogP contribution in [0, 0.1) is 0 Å². The van der Waals surface area contributed by atoms with Gasteiger partial charge >= 0.3 is 0 Å². The van der Waals surface area contributed by atoms with E-state index in [9.17, 15) is 13.2 Å². The zero-order valence-corrected chi connectivity index (χ0v) is 16.9. The Labute approximate surface area is 163 Å². The van der Waals surface area contributed by atoms with Crippen LogP contribution in [-0.4, -0.2) is 43.0 Å². The highest BCUT2D eigenvalue weighted by Gasteiger charge is 2.36. The third-order valence-corrected chi connectivity index (χ3v) is 7.83. The molecule has 0 aromatic heterocycles. The number of benzene rings is 1. The Morgan fingerprint density at radius 3 is 1.93 bits per heavy atom. The van der Waals surface area contributed by atoms with Crippen molar-refractivity contribution in [2.75, 3.05) is 12.3 Å². The van der Waals surface area contributed by atoms with Crippen molar-refractivity contribution in [1.29, 1.82) is 0 Å². The van der Waals surface area contributed by atoms with Gasteiger partial charge in [0.1, 0.15) is 0 Å². The molecule has 150 valence electrons. The van der Waals surface area contributed by atoms with Crippen LogP contribution >= 0.6 is 0 Å². The fraction of sp³-hybridized carbons (Fsp3) is 0.667. The number of nitrogens with one attached hydrogen (secondary N) is 1. The minimum atomic E-state index is -3.38. The summed E-state index contributed by atoms with van der Waals surface area (Å²) in [4.78, 5) is 12.2. The van der Waals surface area contributed by atoms with Gasteiger partial charge in [0.15, 0.2) is 0 Å². The lowest BCUT2D eigenvalue weighted by Gasteiger charge is -2.40. The highest BCUT2D eigenvalue weighted by molar-refractivity contribution is 7.89. The summed E-state index contributed by atoms with van der Waals surface area (Å²) in [5, 5.41) is 2.77. The summed E-state index contributed by atoms with van der Waals surface area (Å²) in [5.41, 5.74) is 0.561. The molecule has 1 aromatic carbocycles. The van der Waals surface area contributed by atoms with Crippen molar-refractivity contribution in [2.45, 2.75) is 76.3 Å². The Bertz CT molecular complexity index is 675. The lowest BCUT2D eigenvalue weighted by atomic mass is 9.91. The number of rotatable bonds is 7. The van der Waals surface area contributed by atoms with Crippen LogP contribution in [0.3, 0.4) is 0 Å². The van der Waals surface area contributed by atoms with Gasteiger partial charge in [0.25, 0.3) is 5.91 Å². The number of hydrogen-bond acceptors (Lipinski definition) is 3. The summed E-state index contributed by atoms with van der Waals surface area (Å²) in [6.07, 6.45) is 10.8. The average Bonchev–Trinajstić information content (AvgIpc) is 2.70. The van der Waals surface area contributed by atoms with Crippen molar-refractivity contribution >= 4 is 15.9 Å². The van der Waals surface area contributed by atoms with Crippen LogP contribution in [0.1, 0.15) is 74.6 Å². The molecule has 1 N–H and O–H groups in total.